The molecule has 0 aliphatic carbocycles. The van der Waals surface area contributed by atoms with Crippen LogP contribution in [0, 0.1) is 0 Å². The van der Waals surface area contributed by atoms with Gasteiger partial charge >= 0.3 is 6.09 Å². The Morgan fingerprint density at radius 2 is 1.48 bits per heavy atom. The van der Waals surface area contributed by atoms with Gasteiger partial charge in [0, 0.05) is 0 Å². The summed E-state index contributed by atoms with van der Waals surface area (Å²) in [6.07, 6.45) is -0.778. The first-order valence-electron chi connectivity index (χ1n) is 8.07. The van der Waals surface area contributed by atoms with Crippen LogP contribution in [0.25, 0.3) is 11.1 Å². The molecule has 0 saturated carbocycles. The Morgan fingerprint density at radius 1 is 0.963 bits per heavy atom. The zero-order valence-corrected chi connectivity index (χ0v) is 17.2. The fraction of sp³-hybridized carbons (Fsp3) is 0.211. The van der Waals surface area contributed by atoms with Crippen LogP contribution in [0.15, 0.2) is 60.7 Å². The lowest BCUT2D eigenvalue weighted by molar-refractivity contribution is 0.131. The standard InChI is InChI=1S/C19H16Cl3NO3S/c20-19(21,22)13-26-18(24)23-11-16(14-7-3-1-4-8-14)17(12-27(23)25)15-9-5-2-6-10-15/h1-10H,11-13H2. The fourth-order valence-corrected chi connectivity index (χ4v) is 4.16. The van der Waals surface area contributed by atoms with E-state index in [-0.39, 0.29) is 12.3 Å². The topological polar surface area (TPSA) is 46.6 Å². The summed E-state index contributed by atoms with van der Waals surface area (Å²) < 4.78 is 17.2. The molecule has 1 amide bonds. The van der Waals surface area contributed by atoms with E-state index in [0.717, 1.165) is 26.6 Å². The molecule has 8 heteroatoms. The smallest absolute Gasteiger partial charge is 0.422 e. The SMILES string of the molecule is O=C(OCC(Cl)(Cl)Cl)N1CC(c2ccccc2)=C(c2ccccc2)CS1=O. The van der Waals surface area contributed by atoms with Crippen LogP contribution in [-0.4, -0.2) is 37.3 Å². The zero-order chi connectivity index (χ0) is 19.4. The molecule has 27 heavy (non-hydrogen) atoms. The van der Waals surface area contributed by atoms with Crippen LogP contribution in [-0.2, 0) is 15.7 Å². The predicted molar refractivity (Wildman–Crippen MR) is 111 cm³/mol. The van der Waals surface area contributed by atoms with E-state index in [1.165, 1.54) is 0 Å². The lowest BCUT2D eigenvalue weighted by atomic mass is 9.95. The molecule has 2 aromatic carbocycles. The molecule has 0 fully saturated rings. The van der Waals surface area contributed by atoms with E-state index >= 15 is 0 Å². The van der Waals surface area contributed by atoms with E-state index in [1.54, 1.807) is 0 Å². The number of ether oxygens (including phenoxy) is 1. The second-order valence-corrected chi connectivity index (χ2v) is 9.75. The Balaban J connectivity index is 1.95. The third-order valence-corrected chi connectivity index (χ3v) is 5.62. The monoisotopic (exact) mass is 443 g/mol. The van der Waals surface area contributed by atoms with Gasteiger partial charge in [-0.1, -0.05) is 95.5 Å². The number of alkyl halides is 3. The molecule has 0 radical (unpaired) electrons. The lowest BCUT2D eigenvalue weighted by Crippen LogP contribution is -2.40. The van der Waals surface area contributed by atoms with Crippen LogP contribution >= 0.6 is 34.8 Å². The number of amides is 1. The third kappa shape index (κ3) is 5.26. The zero-order valence-electron chi connectivity index (χ0n) is 14.1. The quantitative estimate of drug-likeness (QED) is 0.620. The summed E-state index contributed by atoms with van der Waals surface area (Å²) in [5, 5.41) is 0. The molecular weight excluding hydrogens is 429 g/mol. The molecule has 1 heterocycles. The lowest BCUT2D eigenvalue weighted by Gasteiger charge is -2.30. The maximum Gasteiger partial charge on any atom is 0.422 e. The Labute approximate surface area is 175 Å². The molecule has 1 aliphatic rings. The average molecular weight is 445 g/mol. The molecule has 0 saturated heterocycles. The Kier molecular flexibility index (Phi) is 6.48. The molecule has 0 bridgehead atoms. The molecule has 3 rings (SSSR count). The largest absolute Gasteiger partial charge is 0.444 e. The van der Waals surface area contributed by atoms with Gasteiger partial charge in [0.15, 0.2) is 0 Å². The van der Waals surface area contributed by atoms with Crippen LogP contribution in [0.3, 0.4) is 0 Å². The summed E-state index contributed by atoms with van der Waals surface area (Å²) in [6, 6.07) is 19.4. The summed E-state index contributed by atoms with van der Waals surface area (Å²) in [6.45, 7) is -0.278. The molecule has 1 unspecified atom stereocenters. The number of halogens is 3. The molecule has 0 spiro atoms. The van der Waals surface area contributed by atoms with Gasteiger partial charge < -0.3 is 4.74 Å². The van der Waals surface area contributed by atoms with Gasteiger partial charge in [0.2, 0.25) is 3.79 Å². The number of hydrogen-bond donors (Lipinski definition) is 0. The number of hydrogen-bond acceptors (Lipinski definition) is 3. The first-order valence-corrected chi connectivity index (χ1v) is 10.5. The minimum absolute atomic E-state index is 0.138. The number of benzene rings is 2. The van der Waals surface area contributed by atoms with Gasteiger partial charge in [-0.2, -0.15) is 0 Å². The van der Waals surface area contributed by atoms with Gasteiger partial charge in [0.25, 0.3) is 0 Å². The van der Waals surface area contributed by atoms with Crippen LogP contribution in [0.5, 0.6) is 0 Å². The van der Waals surface area contributed by atoms with Crippen molar-refractivity contribution in [3.05, 3.63) is 71.8 Å². The van der Waals surface area contributed by atoms with E-state index in [9.17, 15) is 9.00 Å². The van der Waals surface area contributed by atoms with Crippen LogP contribution in [0.4, 0.5) is 4.79 Å². The van der Waals surface area contributed by atoms with Crippen LogP contribution in [0.2, 0.25) is 0 Å². The predicted octanol–water partition coefficient (Wildman–Crippen LogP) is 5.08. The van der Waals surface area contributed by atoms with E-state index in [2.05, 4.69) is 0 Å². The fourth-order valence-electron chi connectivity index (χ4n) is 2.76. The Morgan fingerprint density at radius 3 is 2.00 bits per heavy atom. The van der Waals surface area contributed by atoms with E-state index in [4.69, 9.17) is 39.5 Å². The van der Waals surface area contributed by atoms with Crippen molar-refractivity contribution in [3.63, 3.8) is 0 Å². The summed E-state index contributed by atoms with van der Waals surface area (Å²) in [5.74, 6) is 0.192. The first kappa shape index (κ1) is 20.2. The van der Waals surface area contributed by atoms with Gasteiger partial charge in [-0.15, -0.1) is 0 Å². The molecule has 142 valence electrons. The molecule has 0 aromatic heterocycles. The van der Waals surface area contributed by atoms with E-state index < -0.39 is 27.5 Å². The van der Waals surface area contributed by atoms with Crippen LogP contribution < -0.4 is 0 Å². The highest BCUT2D eigenvalue weighted by Gasteiger charge is 2.32. The normalized spacial score (nSPS) is 17.7. The van der Waals surface area contributed by atoms with Gasteiger partial charge in [-0.25, -0.2) is 13.3 Å². The number of carbonyl (C=O) groups excluding carboxylic acids is 1. The average Bonchev–Trinajstić information content (AvgIpc) is 2.66. The van der Waals surface area contributed by atoms with E-state index in [1.807, 2.05) is 60.7 Å². The van der Waals surface area contributed by atoms with Crippen LogP contribution in [0.1, 0.15) is 11.1 Å². The summed E-state index contributed by atoms with van der Waals surface area (Å²) in [5.41, 5.74) is 3.77. The molecule has 1 atom stereocenters. The maximum atomic E-state index is 12.7. The third-order valence-electron chi connectivity index (χ3n) is 3.99. The molecular formula is C19H16Cl3NO3S. The Hall–Kier alpha value is -1.53. The van der Waals surface area contributed by atoms with Crippen molar-refractivity contribution in [2.24, 2.45) is 0 Å². The highest BCUT2D eigenvalue weighted by Crippen LogP contribution is 2.33. The van der Waals surface area contributed by atoms with Crippen molar-refractivity contribution in [2.45, 2.75) is 3.79 Å². The van der Waals surface area contributed by atoms with Crippen molar-refractivity contribution in [2.75, 3.05) is 18.9 Å². The molecule has 0 N–H and O–H groups in total. The summed E-state index contributed by atoms with van der Waals surface area (Å²) in [4.78, 5) is 12.4. The molecule has 1 aliphatic heterocycles. The van der Waals surface area contributed by atoms with Crippen molar-refractivity contribution in [1.82, 2.24) is 4.31 Å². The van der Waals surface area contributed by atoms with Gasteiger partial charge in [0.05, 0.1) is 12.3 Å². The molecule has 2 aromatic rings. The number of rotatable bonds is 3. The summed E-state index contributed by atoms with van der Waals surface area (Å²) in [7, 11) is -1.59. The minimum atomic E-state index is -1.72. The highest BCUT2D eigenvalue weighted by atomic mass is 35.6. The van der Waals surface area contributed by atoms with Gasteiger partial charge in [-0.05, 0) is 22.3 Å². The second-order valence-electron chi connectivity index (χ2n) is 5.86. The van der Waals surface area contributed by atoms with Crippen molar-refractivity contribution >= 4 is 63.0 Å². The Bertz CT molecular complexity index is 867. The number of nitrogens with zero attached hydrogens (tertiary/aromatic N) is 1. The highest BCUT2D eigenvalue weighted by molar-refractivity contribution is 7.83. The van der Waals surface area contributed by atoms with Crippen molar-refractivity contribution in [1.29, 1.82) is 0 Å². The maximum absolute atomic E-state index is 12.7. The van der Waals surface area contributed by atoms with Crippen molar-refractivity contribution in [3.8, 4) is 0 Å². The van der Waals surface area contributed by atoms with Gasteiger partial charge in [-0.3, -0.25) is 0 Å². The van der Waals surface area contributed by atoms with Gasteiger partial charge in [0.1, 0.15) is 17.6 Å². The molecule has 4 nitrogen and oxygen atoms in total. The second kappa shape index (κ2) is 8.65. The minimum Gasteiger partial charge on any atom is -0.444 e. The number of carbonyl (C=O) groups is 1. The first-order chi connectivity index (χ1) is 12.8. The van der Waals surface area contributed by atoms with E-state index in [0.29, 0.717) is 0 Å². The van der Waals surface area contributed by atoms with Crippen molar-refractivity contribution < 1.29 is 13.7 Å². The summed E-state index contributed by atoms with van der Waals surface area (Å²) >= 11 is 16.9.